The first kappa shape index (κ1) is 30.9. The number of aromatic nitrogens is 1. The Kier molecular flexibility index (Phi) is 8.88. The van der Waals surface area contributed by atoms with Crippen LogP contribution in [0.3, 0.4) is 0 Å². The number of nitrogens with zero attached hydrogens (tertiary/aromatic N) is 1. The number of hydrogen-bond acceptors (Lipinski definition) is 4. The maximum Gasteiger partial charge on any atom is 0.418 e. The fraction of sp³-hybridized carbons (Fsp3) is 0.233. The van der Waals surface area contributed by atoms with Gasteiger partial charge in [0.05, 0.1) is 29.5 Å². The molecule has 0 saturated carbocycles. The van der Waals surface area contributed by atoms with Crippen molar-refractivity contribution in [3.05, 3.63) is 113 Å². The van der Waals surface area contributed by atoms with Crippen molar-refractivity contribution in [2.45, 2.75) is 44.1 Å². The number of carbonyl (C=O) groups is 1. The number of nitrogens with one attached hydrogen (secondary N) is 1. The topological polar surface area (TPSA) is 77.4 Å². The van der Waals surface area contributed by atoms with E-state index < -0.39 is 50.1 Å². The molecule has 1 N–H and O–H groups in total. The lowest BCUT2D eigenvalue weighted by Crippen LogP contribution is -2.18. The van der Waals surface area contributed by atoms with Crippen LogP contribution < -0.4 is 5.32 Å². The van der Waals surface area contributed by atoms with E-state index in [2.05, 4.69) is 5.32 Å². The number of benzene rings is 3. The summed E-state index contributed by atoms with van der Waals surface area (Å²) in [5, 5.41) is 2.46. The van der Waals surface area contributed by atoms with Gasteiger partial charge < -0.3 is 14.6 Å². The van der Waals surface area contributed by atoms with Gasteiger partial charge in [-0.3, -0.25) is 4.79 Å². The fourth-order valence-corrected chi connectivity index (χ4v) is 5.29. The number of alkyl halides is 3. The maximum atomic E-state index is 14.4. The molecule has 42 heavy (non-hydrogen) atoms. The summed E-state index contributed by atoms with van der Waals surface area (Å²) in [6.07, 6.45) is -4.47. The van der Waals surface area contributed by atoms with Gasteiger partial charge >= 0.3 is 6.18 Å². The quantitative estimate of drug-likeness (QED) is 0.211. The Balaban J connectivity index is 1.73. The van der Waals surface area contributed by atoms with Gasteiger partial charge in [0.2, 0.25) is 0 Å². The van der Waals surface area contributed by atoms with Crippen molar-refractivity contribution in [1.29, 1.82) is 0 Å². The molecule has 1 heterocycles. The van der Waals surface area contributed by atoms with Crippen molar-refractivity contribution in [3.8, 4) is 5.69 Å². The molecule has 0 aliphatic rings. The minimum Gasteiger partial charge on any atom is -0.373 e. The highest BCUT2D eigenvalue weighted by atomic mass is 32.2. The van der Waals surface area contributed by atoms with Gasteiger partial charge in [0.1, 0.15) is 16.5 Å². The predicted molar refractivity (Wildman–Crippen MR) is 147 cm³/mol. The highest BCUT2D eigenvalue weighted by molar-refractivity contribution is 7.90. The molecule has 0 aliphatic heterocycles. The van der Waals surface area contributed by atoms with Crippen LogP contribution in [0.1, 0.15) is 39.8 Å². The van der Waals surface area contributed by atoms with Crippen LogP contribution in [0.25, 0.3) is 5.69 Å². The number of hydrogen-bond donors (Lipinski definition) is 1. The van der Waals surface area contributed by atoms with E-state index >= 15 is 0 Å². The minimum absolute atomic E-state index is 0.0229. The molecule has 1 atom stereocenters. The Hall–Kier alpha value is -4.03. The van der Waals surface area contributed by atoms with Crippen molar-refractivity contribution in [2.24, 2.45) is 0 Å². The van der Waals surface area contributed by atoms with Crippen LogP contribution in [0, 0.1) is 18.6 Å². The molecule has 0 unspecified atom stereocenters. The van der Waals surface area contributed by atoms with Gasteiger partial charge in [0, 0.05) is 29.8 Å². The summed E-state index contributed by atoms with van der Waals surface area (Å²) in [6.45, 7) is 3.41. The van der Waals surface area contributed by atoms with E-state index in [1.54, 1.807) is 6.92 Å². The first-order chi connectivity index (χ1) is 19.6. The van der Waals surface area contributed by atoms with E-state index in [1.807, 2.05) is 30.3 Å². The zero-order valence-corrected chi connectivity index (χ0v) is 23.6. The van der Waals surface area contributed by atoms with Crippen molar-refractivity contribution < 1.29 is 39.9 Å². The SMILES string of the molecule is Cc1c(C(=O)Nc2ccc(S(C)(=O)=O)c(F)c2)cc(C[C@H](C)OCc2ccccc2)n1-c1ccc(F)cc1C(F)(F)F. The van der Waals surface area contributed by atoms with Crippen molar-refractivity contribution >= 4 is 21.4 Å². The Labute approximate surface area is 239 Å². The molecule has 0 aliphatic carbocycles. The van der Waals surface area contributed by atoms with Crippen LogP contribution in [0.5, 0.6) is 0 Å². The monoisotopic (exact) mass is 606 g/mol. The lowest BCUT2D eigenvalue weighted by molar-refractivity contribution is -0.137. The number of ether oxygens (including phenoxy) is 1. The average Bonchev–Trinajstić information content (AvgIpc) is 3.22. The normalized spacial score (nSPS) is 12.8. The van der Waals surface area contributed by atoms with Crippen LogP contribution >= 0.6 is 0 Å². The molecule has 4 rings (SSSR count). The molecule has 1 aromatic heterocycles. The number of amides is 1. The molecule has 0 saturated heterocycles. The number of halogens is 5. The first-order valence-corrected chi connectivity index (χ1v) is 14.6. The zero-order chi connectivity index (χ0) is 30.8. The van der Waals surface area contributed by atoms with Crippen molar-refractivity contribution in [1.82, 2.24) is 4.57 Å². The molecular weight excluding hydrogens is 579 g/mol. The molecule has 0 spiro atoms. The molecule has 4 aromatic rings. The van der Waals surface area contributed by atoms with Crippen LogP contribution in [0.4, 0.5) is 27.6 Å². The third-order valence-electron chi connectivity index (χ3n) is 6.54. The van der Waals surface area contributed by atoms with Crippen molar-refractivity contribution in [2.75, 3.05) is 11.6 Å². The zero-order valence-electron chi connectivity index (χ0n) is 22.8. The number of carbonyl (C=O) groups excluding carboxylic acids is 1. The maximum absolute atomic E-state index is 14.4. The van der Waals surface area contributed by atoms with E-state index in [0.717, 1.165) is 36.1 Å². The second kappa shape index (κ2) is 12.1. The van der Waals surface area contributed by atoms with Gasteiger partial charge in [-0.25, -0.2) is 17.2 Å². The molecule has 6 nitrogen and oxygen atoms in total. The van der Waals surface area contributed by atoms with Crippen LogP contribution in [-0.2, 0) is 33.8 Å². The molecule has 1 amide bonds. The van der Waals surface area contributed by atoms with Crippen LogP contribution in [-0.4, -0.2) is 31.3 Å². The number of rotatable bonds is 9. The third-order valence-corrected chi connectivity index (χ3v) is 7.67. The van der Waals surface area contributed by atoms with E-state index in [-0.39, 0.29) is 41.4 Å². The Morgan fingerprint density at radius 1 is 1.00 bits per heavy atom. The molecule has 222 valence electrons. The first-order valence-electron chi connectivity index (χ1n) is 12.7. The third kappa shape index (κ3) is 7.05. The summed E-state index contributed by atoms with van der Waals surface area (Å²) in [7, 11) is -3.85. The molecule has 0 radical (unpaired) electrons. The standard InChI is InChI=1S/C30H27F5N2O4S/c1-18(41-17-20-7-5-4-6-8-20)13-23-16-24(29(38)36-22-10-12-28(26(32)15-22)42(3,39)40)19(2)37(23)27-11-9-21(31)14-25(27)30(33,34)35/h4-12,14-16,18H,13,17H2,1-3H3,(H,36,38)/t18-/m0/s1. The molecule has 0 fully saturated rings. The predicted octanol–water partition coefficient (Wildman–Crippen LogP) is 6.89. The average molecular weight is 607 g/mol. The lowest BCUT2D eigenvalue weighted by atomic mass is 10.1. The van der Waals surface area contributed by atoms with E-state index in [1.165, 1.54) is 23.6 Å². The van der Waals surface area contributed by atoms with Crippen LogP contribution in [0.15, 0.2) is 77.7 Å². The highest BCUT2D eigenvalue weighted by Crippen LogP contribution is 2.36. The second-order valence-corrected chi connectivity index (χ2v) is 11.8. The highest BCUT2D eigenvalue weighted by Gasteiger charge is 2.36. The van der Waals surface area contributed by atoms with E-state index in [4.69, 9.17) is 4.74 Å². The molecule has 3 aromatic carbocycles. The molecule has 12 heteroatoms. The molecule has 0 bridgehead atoms. The van der Waals surface area contributed by atoms with Gasteiger partial charge in [-0.2, -0.15) is 13.2 Å². The lowest BCUT2D eigenvalue weighted by Gasteiger charge is -2.20. The Bertz CT molecular complexity index is 1720. The van der Waals surface area contributed by atoms with Gasteiger partial charge in [0.25, 0.3) is 5.91 Å². The number of anilines is 1. The second-order valence-electron chi connectivity index (χ2n) is 9.81. The van der Waals surface area contributed by atoms with E-state index in [0.29, 0.717) is 6.07 Å². The Morgan fingerprint density at radius 2 is 1.69 bits per heavy atom. The molecular formula is C30H27F5N2O4S. The summed E-state index contributed by atoms with van der Waals surface area (Å²) in [5.41, 5.74) is -0.402. The summed E-state index contributed by atoms with van der Waals surface area (Å²) in [6, 6.07) is 16.0. The van der Waals surface area contributed by atoms with Gasteiger partial charge in [-0.1, -0.05) is 30.3 Å². The summed E-state index contributed by atoms with van der Waals surface area (Å²) in [4.78, 5) is 12.7. The van der Waals surface area contributed by atoms with Gasteiger partial charge in [0.15, 0.2) is 9.84 Å². The van der Waals surface area contributed by atoms with Gasteiger partial charge in [-0.05, 0) is 61.9 Å². The fourth-order valence-electron chi connectivity index (χ4n) is 4.56. The van der Waals surface area contributed by atoms with Crippen LogP contribution in [0.2, 0.25) is 0 Å². The van der Waals surface area contributed by atoms with Crippen molar-refractivity contribution in [3.63, 3.8) is 0 Å². The Morgan fingerprint density at radius 3 is 2.31 bits per heavy atom. The summed E-state index contributed by atoms with van der Waals surface area (Å²) in [5.74, 6) is -2.92. The summed E-state index contributed by atoms with van der Waals surface area (Å²) >= 11 is 0. The van der Waals surface area contributed by atoms with Gasteiger partial charge in [-0.15, -0.1) is 0 Å². The van der Waals surface area contributed by atoms with E-state index in [9.17, 15) is 35.2 Å². The number of sulfone groups is 1. The minimum atomic E-state index is -4.90. The largest absolute Gasteiger partial charge is 0.418 e. The summed E-state index contributed by atoms with van der Waals surface area (Å²) < 4.78 is 101. The smallest absolute Gasteiger partial charge is 0.373 e.